The molecule has 3 fully saturated rings. The summed E-state index contributed by atoms with van der Waals surface area (Å²) >= 11 is 0. The van der Waals surface area contributed by atoms with Crippen molar-refractivity contribution in [3.8, 4) is 6.07 Å². The van der Waals surface area contributed by atoms with Gasteiger partial charge < -0.3 is 14.6 Å². The highest BCUT2D eigenvalue weighted by molar-refractivity contribution is 5.14. The molecule has 2 saturated carbocycles. The van der Waals surface area contributed by atoms with Crippen LogP contribution in [0.25, 0.3) is 0 Å². The Bertz CT molecular complexity index is 404. The Labute approximate surface area is 127 Å². The summed E-state index contributed by atoms with van der Waals surface area (Å²) in [5.41, 5.74) is -1.42. The Morgan fingerprint density at radius 3 is 2.10 bits per heavy atom. The SMILES string of the molecule is CCC1CCC(C#N)(C2(O)CCC3(CC2)OCCO3)CC1. The van der Waals surface area contributed by atoms with Gasteiger partial charge in [0, 0.05) is 12.8 Å². The van der Waals surface area contributed by atoms with Crippen molar-refractivity contribution in [2.24, 2.45) is 11.3 Å². The largest absolute Gasteiger partial charge is 0.388 e. The maximum atomic E-state index is 11.2. The first-order valence-electron chi connectivity index (χ1n) is 8.49. The van der Waals surface area contributed by atoms with Crippen LogP contribution in [0.3, 0.4) is 0 Å². The molecule has 0 aromatic rings. The number of hydrogen-bond donors (Lipinski definition) is 1. The Balaban J connectivity index is 1.71. The fraction of sp³-hybridized carbons (Fsp3) is 0.941. The summed E-state index contributed by atoms with van der Waals surface area (Å²) in [5, 5.41) is 21.0. The molecule has 4 heteroatoms. The van der Waals surface area contributed by atoms with Gasteiger partial charge in [0.2, 0.25) is 0 Å². The Hall–Kier alpha value is -0.630. The van der Waals surface area contributed by atoms with Crippen molar-refractivity contribution in [2.45, 2.75) is 76.1 Å². The van der Waals surface area contributed by atoms with Crippen LogP contribution < -0.4 is 0 Å². The van der Waals surface area contributed by atoms with E-state index >= 15 is 0 Å². The average molecular weight is 293 g/mol. The zero-order chi connectivity index (χ0) is 15.0. The van der Waals surface area contributed by atoms with Gasteiger partial charge in [0.15, 0.2) is 5.79 Å². The average Bonchev–Trinajstić information content (AvgIpc) is 2.99. The molecule has 1 N–H and O–H groups in total. The maximum Gasteiger partial charge on any atom is 0.168 e. The summed E-state index contributed by atoms with van der Waals surface area (Å²) in [6.45, 7) is 3.53. The van der Waals surface area contributed by atoms with Crippen LogP contribution in [0.5, 0.6) is 0 Å². The van der Waals surface area contributed by atoms with Crippen molar-refractivity contribution in [3.05, 3.63) is 0 Å². The minimum Gasteiger partial charge on any atom is -0.388 e. The van der Waals surface area contributed by atoms with Gasteiger partial charge in [-0.05, 0) is 44.4 Å². The molecule has 118 valence electrons. The third kappa shape index (κ3) is 2.50. The molecular formula is C17H27NO3. The monoisotopic (exact) mass is 293 g/mol. The lowest BCUT2D eigenvalue weighted by atomic mass is 9.57. The molecule has 0 atom stereocenters. The molecule has 1 saturated heterocycles. The molecule has 0 bridgehead atoms. The fourth-order valence-corrected chi connectivity index (χ4v) is 4.57. The van der Waals surface area contributed by atoms with E-state index in [4.69, 9.17) is 9.47 Å². The van der Waals surface area contributed by atoms with E-state index in [1.165, 1.54) is 6.42 Å². The lowest BCUT2D eigenvalue weighted by molar-refractivity contribution is -0.220. The lowest BCUT2D eigenvalue weighted by Crippen LogP contribution is -2.54. The molecule has 0 amide bonds. The second-order valence-corrected chi connectivity index (χ2v) is 7.18. The fourth-order valence-electron chi connectivity index (χ4n) is 4.57. The van der Waals surface area contributed by atoms with E-state index in [-0.39, 0.29) is 0 Å². The zero-order valence-electron chi connectivity index (χ0n) is 13.1. The molecule has 0 radical (unpaired) electrons. The third-order valence-corrected chi connectivity index (χ3v) is 6.29. The van der Waals surface area contributed by atoms with Gasteiger partial charge in [-0.25, -0.2) is 0 Å². The molecule has 3 aliphatic rings. The minimum absolute atomic E-state index is 0.469. The number of ether oxygens (including phenoxy) is 2. The second-order valence-electron chi connectivity index (χ2n) is 7.18. The van der Waals surface area contributed by atoms with Gasteiger partial charge in [-0.1, -0.05) is 13.3 Å². The predicted molar refractivity (Wildman–Crippen MR) is 78.3 cm³/mol. The van der Waals surface area contributed by atoms with Crippen molar-refractivity contribution < 1.29 is 14.6 Å². The van der Waals surface area contributed by atoms with Gasteiger partial charge in [0.1, 0.15) is 0 Å². The van der Waals surface area contributed by atoms with E-state index in [0.29, 0.717) is 38.9 Å². The standard InChI is InChI=1S/C17H27NO3/c1-2-14-3-5-15(13-18,6-4-14)16(19)7-9-17(10-8-16)20-11-12-21-17/h14,19H,2-12H2,1H3. The summed E-state index contributed by atoms with van der Waals surface area (Å²) in [4.78, 5) is 0. The summed E-state index contributed by atoms with van der Waals surface area (Å²) in [6.07, 6.45) is 7.68. The summed E-state index contributed by atoms with van der Waals surface area (Å²) in [5.74, 6) is 0.259. The van der Waals surface area contributed by atoms with Gasteiger partial charge in [-0.2, -0.15) is 5.26 Å². The Kier molecular flexibility index (Phi) is 4.02. The molecule has 0 aromatic heterocycles. The smallest absolute Gasteiger partial charge is 0.168 e. The van der Waals surface area contributed by atoms with Gasteiger partial charge in [0.05, 0.1) is 30.3 Å². The number of hydrogen-bond acceptors (Lipinski definition) is 4. The Morgan fingerprint density at radius 1 is 1.05 bits per heavy atom. The molecule has 2 aliphatic carbocycles. The molecule has 0 aromatic carbocycles. The minimum atomic E-state index is -0.860. The van der Waals surface area contributed by atoms with Crippen molar-refractivity contribution >= 4 is 0 Å². The molecule has 3 rings (SSSR count). The first kappa shape index (κ1) is 15.3. The van der Waals surface area contributed by atoms with Crippen molar-refractivity contribution in [1.82, 2.24) is 0 Å². The van der Waals surface area contributed by atoms with Crippen LogP contribution in [0.15, 0.2) is 0 Å². The van der Waals surface area contributed by atoms with E-state index in [2.05, 4.69) is 13.0 Å². The van der Waals surface area contributed by atoms with Gasteiger partial charge in [-0.15, -0.1) is 0 Å². The summed E-state index contributed by atoms with van der Waals surface area (Å²) < 4.78 is 11.5. The first-order valence-corrected chi connectivity index (χ1v) is 8.49. The van der Waals surface area contributed by atoms with Gasteiger partial charge in [-0.3, -0.25) is 0 Å². The number of rotatable bonds is 2. The molecule has 1 heterocycles. The molecular weight excluding hydrogens is 266 g/mol. The highest BCUT2D eigenvalue weighted by Gasteiger charge is 2.56. The van der Waals surface area contributed by atoms with Crippen LogP contribution in [0.4, 0.5) is 0 Å². The van der Waals surface area contributed by atoms with Gasteiger partial charge >= 0.3 is 0 Å². The quantitative estimate of drug-likeness (QED) is 0.849. The first-order chi connectivity index (χ1) is 10.1. The van der Waals surface area contributed by atoms with E-state index in [1.54, 1.807) is 0 Å². The van der Waals surface area contributed by atoms with Crippen LogP contribution in [0, 0.1) is 22.7 Å². The molecule has 0 unspecified atom stereocenters. The van der Waals surface area contributed by atoms with Crippen LogP contribution in [0.2, 0.25) is 0 Å². The van der Waals surface area contributed by atoms with E-state index in [0.717, 1.165) is 31.6 Å². The lowest BCUT2D eigenvalue weighted by Gasteiger charge is -2.51. The number of aliphatic hydroxyl groups is 1. The third-order valence-electron chi connectivity index (χ3n) is 6.29. The van der Waals surface area contributed by atoms with Crippen LogP contribution in [-0.4, -0.2) is 29.7 Å². The van der Waals surface area contributed by atoms with Crippen molar-refractivity contribution in [1.29, 1.82) is 5.26 Å². The topological polar surface area (TPSA) is 62.5 Å². The summed E-state index contributed by atoms with van der Waals surface area (Å²) in [6, 6.07) is 2.52. The summed E-state index contributed by atoms with van der Waals surface area (Å²) in [7, 11) is 0. The van der Waals surface area contributed by atoms with Gasteiger partial charge in [0.25, 0.3) is 0 Å². The maximum absolute atomic E-state index is 11.2. The highest BCUT2D eigenvalue weighted by Crippen LogP contribution is 2.54. The van der Waals surface area contributed by atoms with E-state index in [1.807, 2.05) is 0 Å². The predicted octanol–water partition coefficient (Wildman–Crippen LogP) is 3.14. The Morgan fingerprint density at radius 2 is 1.62 bits per heavy atom. The van der Waals surface area contributed by atoms with Crippen molar-refractivity contribution in [3.63, 3.8) is 0 Å². The molecule has 21 heavy (non-hydrogen) atoms. The molecule has 1 spiro atoms. The normalized spacial score (nSPS) is 38.2. The second kappa shape index (κ2) is 5.53. The molecule has 4 nitrogen and oxygen atoms in total. The van der Waals surface area contributed by atoms with Crippen molar-refractivity contribution in [2.75, 3.05) is 13.2 Å². The van der Waals surface area contributed by atoms with Crippen LogP contribution in [0.1, 0.15) is 64.7 Å². The highest BCUT2D eigenvalue weighted by atomic mass is 16.7. The molecule has 1 aliphatic heterocycles. The van der Waals surface area contributed by atoms with E-state index in [9.17, 15) is 10.4 Å². The van der Waals surface area contributed by atoms with Crippen LogP contribution >= 0.6 is 0 Å². The van der Waals surface area contributed by atoms with Crippen LogP contribution in [-0.2, 0) is 9.47 Å². The zero-order valence-corrected chi connectivity index (χ0v) is 13.1. The number of nitriles is 1. The van der Waals surface area contributed by atoms with E-state index < -0.39 is 16.8 Å². The number of nitrogens with zero attached hydrogens (tertiary/aromatic N) is 1.